The van der Waals surface area contributed by atoms with Crippen LogP contribution in [-0.4, -0.2) is 15.1 Å². The minimum Gasteiger partial charge on any atom is -0.492 e. The first kappa shape index (κ1) is 9.92. The molecule has 0 aliphatic carbocycles. The van der Waals surface area contributed by atoms with Crippen molar-refractivity contribution in [1.82, 2.24) is 9.97 Å². The lowest BCUT2D eigenvalue weighted by atomic mass is 10.2. The van der Waals surface area contributed by atoms with Crippen LogP contribution in [0.5, 0.6) is 5.88 Å². The molecule has 76 valence electrons. The van der Waals surface area contributed by atoms with Gasteiger partial charge in [0, 0.05) is 5.56 Å². The zero-order valence-corrected chi connectivity index (χ0v) is 9.15. The fourth-order valence-corrected chi connectivity index (χ4v) is 1.37. The van der Waals surface area contributed by atoms with Crippen molar-refractivity contribution < 1.29 is 5.11 Å². The maximum Gasteiger partial charge on any atom is 0.269 e. The molecule has 1 aromatic heterocycles. The van der Waals surface area contributed by atoms with Crippen molar-refractivity contribution in [3.63, 3.8) is 0 Å². The molecule has 0 atom stereocenters. The normalized spacial score (nSPS) is 10.2. The first-order valence-corrected chi connectivity index (χ1v) is 5.02. The summed E-state index contributed by atoms with van der Waals surface area (Å²) >= 11 is 2.93. The van der Waals surface area contributed by atoms with E-state index < -0.39 is 5.56 Å². The van der Waals surface area contributed by atoms with Crippen LogP contribution >= 0.6 is 15.9 Å². The summed E-state index contributed by atoms with van der Waals surface area (Å²) in [5, 5.41) is 9.36. The lowest BCUT2D eigenvalue weighted by molar-refractivity contribution is 0.448. The third kappa shape index (κ3) is 1.92. The Labute approximate surface area is 93.8 Å². The number of aromatic hydroxyl groups is 1. The first-order chi connectivity index (χ1) is 7.18. The highest BCUT2D eigenvalue weighted by Crippen LogP contribution is 2.20. The maximum atomic E-state index is 11.3. The van der Waals surface area contributed by atoms with Crippen molar-refractivity contribution >= 4 is 15.9 Å². The van der Waals surface area contributed by atoms with Crippen molar-refractivity contribution in [3.05, 3.63) is 45.2 Å². The number of rotatable bonds is 1. The number of benzene rings is 1. The molecule has 0 spiro atoms. The molecule has 0 saturated heterocycles. The van der Waals surface area contributed by atoms with Gasteiger partial charge in [0.2, 0.25) is 5.88 Å². The van der Waals surface area contributed by atoms with E-state index in [4.69, 9.17) is 0 Å². The Bertz CT molecular complexity index is 537. The molecule has 0 unspecified atom stereocenters. The van der Waals surface area contributed by atoms with Crippen LogP contribution in [0.2, 0.25) is 0 Å². The van der Waals surface area contributed by atoms with Gasteiger partial charge in [0.25, 0.3) is 5.56 Å². The number of nitrogens with one attached hydrogen (secondary N) is 1. The van der Waals surface area contributed by atoms with Gasteiger partial charge in [-0.15, -0.1) is 0 Å². The van der Waals surface area contributed by atoms with Crippen LogP contribution in [0.3, 0.4) is 0 Å². The van der Waals surface area contributed by atoms with Gasteiger partial charge < -0.3 is 10.1 Å². The molecule has 0 fully saturated rings. The molecular weight excluding hydrogens is 260 g/mol. The van der Waals surface area contributed by atoms with E-state index in [1.165, 1.54) is 0 Å². The smallest absolute Gasteiger partial charge is 0.269 e. The summed E-state index contributed by atoms with van der Waals surface area (Å²) in [6.45, 7) is 0. The minimum absolute atomic E-state index is 0.0437. The topological polar surface area (TPSA) is 66.0 Å². The number of hydrogen-bond acceptors (Lipinski definition) is 3. The van der Waals surface area contributed by atoms with Gasteiger partial charge in [0.15, 0.2) is 0 Å². The third-order valence-electron chi connectivity index (χ3n) is 1.89. The molecule has 0 aliphatic rings. The Balaban J connectivity index is 2.61. The molecule has 0 amide bonds. The quantitative estimate of drug-likeness (QED) is 0.829. The average Bonchev–Trinajstić information content (AvgIpc) is 2.26. The molecule has 1 aromatic carbocycles. The standard InChI is InChI=1S/C10H7BrN2O2/c11-7-9(14)12-8(13-10(7)15)6-4-2-1-3-5-6/h1-5H,(H2,12,13,14,15). The summed E-state index contributed by atoms with van der Waals surface area (Å²) in [5.74, 6) is 0.0407. The van der Waals surface area contributed by atoms with Crippen molar-refractivity contribution in [2.24, 2.45) is 0 Å². The van der Waals surface area contributed by atoms with Gasteiger partial charge in [0.05, 0.1) is 0 Å². The number of nitrogens with zero attached hydrogens (tertiary/aromatic N) is 1. The molecule has 4 nitrogen and oxygen atoms in total. The molecule has 1 heterocycles. The highest BCUT2D eigenvalue weighted by molar-refractivity contribution is 9.10. The van der Waals surface area contributed by atoms with Gasteiger partial charge in [-0.3, -0.25) is 4.79 Å². The summed E-state index contributed by atoms with van der Waals surface area (Å²) in [6.07, 6.45) is 0. The van der Waals surface area contributed by atoms with Crippen molar-refractivity contribution in [2.75, 3.05) is 0 Å². The van der Waals surface area contributed by atoms with Crippen LogP contribution in [0.1, 0.15) is 0 Å². The molecular formula is C10H7BrN2O2. The van der Waals surface area contributed by atoms with E-state index in [2.05, 4.69) is 25.9 Å². The lowest BCUT2D eigenvalue weighted by Crippen LogP contribution is -2.09. The van der Waals surface area contributed by atoms with E-state index in [0.29, 0.717) is 5.82 Å². The van der Waals surface area contributed by atoms with Gasteiger partial charge in [-0.2, -0.15) is 4.98 Å². The molecule has 0 bridgehead atoms. The van der Waals surface area contributed by atoms with Crippen LogP contribution in [0.4, 0.5) is 0 Å². The molecule has 5 heteroatoms. The largest absolute Gasteiger partial charge is 0.492 e. The summed E-state index contributed by atoms with van der Waals surface area (Å²) in [7, 11) is 0. The molecule has 2 rings (SSSR count). The van der Waals surface area contributed by atoms with Gasteiger partial charge in [-0.1, -0.05) is 30.3 Å². The van der Waals surface area contributed by atoms with Gasteiger partial charge in [0.1, 0.15) is 10.3 Å². The van der Waals surface area contributed by atoms with E-state index >= 15 is 0 Å². The summed E-state index contributed by atoms with van der Waals surface area (Å²) in [6, 6.07) is 9.11. The highest BCUT2D eigenvalue weighted by Gasteiger charge is 2.08. The molecule has 2 N–H and O–H groups in total. The molecule has 0 aliphatic heterocycles. The van der Waals surface area contributed by atoms with Gasteiger partial charge in [-0.05, 0) is 15.9 Å². The molecule has 15 heavy (non-hydrogen) atoms. The van der Waals surface area contributed by atoms with Crippen molar-refractivity contribution in [3.8, 4) is 17.3 Å². The Morgan fingerprint density at radius 1 is 1.27 bits per heavy atom. The number of halogens is 1. The van der Waals surface area contributed by atoms with E-state index in [0.717, 1.165) is 5.56 Å². The number of aromatic amines is 1. The van der Waals surface area contributed by atoms with E-state index in [1.807, 2.05) is 18.2 Å². The predicted octanol–water partition coefficient (Wildman–Crippen LogP) is 1.90. The second kappa shape index (κ2) is 3.86. The Hall–Kier alpha value is -1.62. The fraction of sp³-hybridized carbons (Fsp3) is 0. The second-order valence-corrected chi connectivity index (χ2v) is 3.71. The van der Waals surface area contributed by atoms with Crippen molar-refractivity contribution in [2.45, 2.75) is 0 Å². The van der Waals surface area contributed by atoms with Gasteiger partial charge >= 0.3 is 0 Å². The van der Waals surface area contributed by atoms with Crippen molar-refractivity contribution in [1.29, 1.82) is 0 Å². The third-order valence-corrected chi connectivity index (χ3v) is 2.61. The Morgan fingerprint density at radius 2 is 1.93 bits per heavy atom. The Morgan fingerprint density at radius 3 is 2.53 bits per heavy atom. The molecule has 0 radical (unpaired) electrons. The molecule has 0 saturated carbocycles. The monoisotopic (exact) mass is 266 g/mol. The first-order valence-electron chi connectivity index (χ1n) is 4.22. The average molecular weight is 267 g/mol. The number of H-pyrrole nitrogens is 1. The van der Waals surface area contributed by atoms with Crippen LogP contribution in [-0.2, 0) is 0 Å². The number of aromatic nitrogens is 2. The van der Waals surface area contributed by atoms with Crippen LogP contribution in [0.25, 0.3) is 11.4 Å². The maximum absolute atomic E-state index is 11.3. The fourth-order valence-electron chi connectivity index (χ4n) is 1.18. The molecule has 2 aromatic rings. The van der Waals surface area contributed by atoms with Crippen LogP contribution < -0.4 is 5.56 Å². The summed E-state index contributed by atoms with van der Waals surface area (Å²) < 4.78 is 0.0437. The Kier molecular flexibility index (Phi) is 2.55. The minimum atomic E-state index is -0.402. The predicted molar refractivity (Wildman–Crippen MR) is 59.7 cm³/mol. The van der Waals surface area contributed by atoms with Gasteiger partial charge in [-0.25, -0.2) is 0 Å². The van der Waals surface area contributed by atoms with E-state index in [1.54, 1.807) is 12.1 Å². The highest BCUT2D eigenvalue weighted by atomic mass is 79.9. The second-order valence-electron chi connectivity index (χ2n) is 2.92. The summed E-state index contributed by atoms with van der Waals surface area (Å²) in [4.78, 5) is 17.7. The zero-order valence-electron chi connectivity index (χ0n) is 7.57. The van der Waals surface area contributed by atoms with E-state index in [9.17, 15) is 9.90 Å². The van der Waals surface area contributed by atoms with Crippen LogP contribution in [0, 0.1) is 0 Å². The lowest BCUT2D eigenvalue weighted by Gasteiger charge is -2.01. The zero-order chi connectivity index (χ0) is 10.8. The van der Waals surface area contributed by atoms with E-state index in [-0.39, 0.29) is 10.4 Å². The van der Waals surface area contributed by atoms with Crippen LogP contribution in [0.15, 0.2) is 39.6 Å². The summed E-state index contributed by atoms with van der Waals surface area (Å²) in [5.41, 5.74) is 0.346. The number of hydrogen-bond donors (Lipinski definition) is 2. The SMILES string of the molecule is O=c1[nH]c(-c2ccccc2)nc(O)c1Br.